The number of fused-ring (bicyclic) bond motifs is 19. The summed E-state index contributed by atoms with van der Waals surface area (Å²) < 4.78 is 9.82. The van der Waals surface area contributed by atoms with E-state index in [0.717, 1.165) is 33.6 Å². The molecule has 0 unspecified atom stereocenters. The summed E-state index contributed by atoms with van der Waals surface area (Å²) in [6.07, 6.45) is 0. The van der Waals surface area contributed by atoms with E-state index in [0.29, 0.717) is 0 Å². The summed E-state index contributed by atoms with van der Waals surface area (Å²) in [5.41, 5.74) is 17.9. The molecular weight excluding hydrogens is 855 g/mol. The van der Waals surface area contributed by atoms with Crippen molar-refractivity contribution in [2.75, 3.05) is 4.90 Å². The first-order chi connectivity index (χ1) is 34.0. The van der Waals surface area contributed by atoms with Crippen molar-refractivity contribution in [1.82, 2.24) is 0 Å². The van der Waals surface area contributed by atoms with E-state index < -0.39 is 5.41 Å². The van der Waals surface area contributed by atoms with Gasteiger partial charge in [-0.2, -0.15) is 0 Å². The van der Waals surface area contributed by atoms with Gasteiger partial charge in [0.2, 0.25) is 0 Å². The van der Waals surface area contributed by atoms with Crippen molar-refractivity contribution in [2.45, 2.75) is 24.7 Å². The molecule has 324 valence electrons. The first-order valence-corrected chi connectivity index (χ1v) is 24.8. The Morgan fingerprint density at radius 1 is 0.377 bits per heavy atom. The third kappa shape index (κ3) is 5.26. The molecular formula is C66H43NOS. The Morgan fingerprint density at radius 2 is 0.928 bits per heavy atom. The fraction of sp³-hybridized carbons (Fsp3) is 0.0606. The van der Waals surface area contributed by atoms with E-state index in [1.165, 1.54) is 103 Å². The summed E-state index contributed by atoms with van der Waals surface area (Å²) >= 11 is 1.87. The standard InChI is InChI=1S/C66H43NOS/c1-65(2)53-21-10-7-19-49(53)52-39-45(33-37-54(52)65)67(59-23-13-25-61-62(59)51-20-9-12-24-60(51)69-61)44-31-26-40(27-32-44)43-28-34-50-48-18-8-11-22-55(48)66(58(50)38-43)56-35-29-41-14-3-5-16-46(41)63(56)68-64-47-17-6-4-15-42(47)30-36-57(64)66/h3-39H,1-2H3. The summed E-state index contributed by atoms with van der Waals surface area (Å²) in [5.74, 6) is 1.86. The lowest BCUT2D eigenvalue weighted by molar-refractivity contribution is 0.447. The Labute approximate surface area is 405 Å². The molecule has 2 aliphatic carbocycles. The van der Waals surface area contributed by atoms with Crippen LogP contribution >= 0.6 is 11.3 Å². The van der Waals surface area contributed by atoms with Crippen LogP contribution < -0.4 is 9.64 Å². The SMILES string of the molecule is CC1(C)c2ccccc2-c2cc(N(c3ccc(-c4ccc5c(c4)C4(c6ccccc6-5)c5ccc6ccccc6c5Oc5c4ccc4ccccc54)cc3)c3cccc4sc5ccccc5c34)ccc21. The maximum atomic E-state index is 7.24. The minimum atomic E-state index is -0.613. The van der Waals surface area contributed by atoms with Crippen LogP contribution in [-0.4, -0.2) is 0 Å². The zero-order valence-electron chi connectivity index (χ0n) is 38.1. The Morgan fingerprint density at radius 3 is 1.67 bits per heavy atom. The topological polar surface area (TPSA) is 12.5 Å². The minimum absolute atomic E-state index is 0.0767. The lowest BCUT2D eigenvalue weighted by atomic mass is 9.65. The molecule has 2 heterocycles. The van der Waals surface area contributed by atoms with Gasteiger partial charge in [0.25, 0.3) is 0 Å². The van der Waals surface area contributed by atoms with Crippen LogP contribution in [0.5, 0.6) is 11.5 Å². The van der Waals surface area contributed by atoms with E-state index in [-0.39, 0.29) is 5.41 Å². The highest BCUT2D eigenvalue weighted by atomic mass is 32.1. The average molecular weight is 898 g/mol. The van der Waals surface area contributed by atoms with E-state index in [2.05, 4.69) is 243 Å². The molecule has 1 aliphatic heterocycles. The number of thiophene rings is 1. The van der Waals surface area contributed by atoms with E-state index in [4.69, 9.17) is 4.74 Å². The van der Waals surface area contributed by atoms with Crippen molar-refractivity contribution in [3.63, 3.8) is 0 Å². The molecule has 0 fully saturated rings. The highest BCUT2D eigenvalue weighted by Crippen LogP contribution is 2.64. The van der Waals surface area contributed by atoms with E-state index in [1.54, 1.807) is 0 Å². The molecule has 0 amide bonds. The van der Waals surface area contributed by atoms with Gasteiger partial charge in [0.05, 0.1) is 11.1 Å². The van der Waals surface area contributed by atoms with E-state index in [9.17, 15) is 0 Å². The zero-order valence-corrected chi connectivity index (χ0v) is 38.9. The van der Waals surface area contributed by atoms with Crippen LogP contribution in [0, 0.1) is 0 Å². The third-order valence-corrected chi connectivity index (χ3v) is 16.9. The van der Waals surface area contributed by atoms with E-state index >= 15 is 0 Å². The molecule has 0 atom stereocenters. The molecule has 0 N–H and O–H groups in total. The molecule has 69 heavy (non-hydrogen) atoms. The molecule has 15 rings (SSSR count). The van der Waals surface area contributed by atoms with Crippen LogP contribution in [0.15, 0.2) is 224 Å². The van der Waals surface area contributed by atoms with Gasteiger partial charge in [0.1, 0.15) is 11.5 Å². The van der Waals surface area contributed by atoms with Crippen LogP contribution in [0.4, 0.5) is 17.1 Å². The second-order valence-electron chi connectivity index (χ2n) is 19.5. The summed E-state index contributed by atoms with van der Waals surface area (Å²) in [4.78, 5) is 2.48. The largest absolute Gasteiger partial charge is 0.455 e. The molecule has 3 aliphatic rings. The highest BCUT2D eigenvalue weighted by molar-refractivity contribution is 7.26. The van der Waals surface area contributed by atoms with Crippen molar-refractivity contribution in [3.8, 4) is 44.9 Å². The summed E-state index contributed by atoms with van der Waals surface area (Å²) in [7, 11) is 0. The number of ether oxygens (including phenoxy) is 1. The Kier molecular flexibility index (Phi) is 7.96. The molecule has 3 heteroatoms. The third-order valence-electron chi connectivity index (χ3n) is 15.7. The maximum Gasteiger partial charge on any atom is 0.140 e. The van der Waals surface area contributed by atoms with Crippen molar-refractivity contribution >= 4 is 70.1 Å². The summed E-state index contributed by atoms with van der Waals surface area (Å²) in [5, 5.41) is 7.15. The van der Waals surface area contributed by atoms with Crippen molar-refractivity contribution in [2.24, 2.45) is 0 Å². The predicted octanol–water partition coefficient (Wildman–Crippen LogP) is 18.3. The van der Waals surface area contributed by atoms with E-state index in [1.807, 2.05) is 11.3 Å². The van der Waals surface area contributed by atoms with Crippen LogP contribution in [0.25, 0.3) is 75.1 Å². The van der Waals surface area contributed by atoms with Gasteiger partial charge in [-0.25, -0.2) is 0 Å². The second kappa shape index (κ2) is 14.1. The van der Waals surface area contributed by atoms with Gasteiger partial charge in [0.15, 0.2) is 0 Å². The number of anilines is 3. The monoisotopic (exact) mass is 897 g/mol. The van der Waals surface area contributed by atoms with Gasteiger partial charge >= 0.3 is 0 Å². The number of hydrogen-bond donors (Lipinski definition) is 0. The van der Waals surface area contributed by atoms with Gasteiger partial charge in [-0.05, 0) is 115 Å². The highest BCUT2D eigenvalue weighted by Gasteiger charge is 2.52. The first-order valence-electron chi connectivity index (χ1n) is 24.0. The summed E-state index contributed by atoms with van der Waals surface area (Å²) in [6, 6.07) is 83.7. The average Bonchev–Trinajstić information content (AvgIpc) is 4.00. The quantitative estimate of drug-likeness (QED) is 0.175. The Balaban J connectivity index is 0.929. The van der Waals surface area contributed by atoms with Gasteiger partial charge in [-0.3, -0.25) is 0 Å². The number of rotatable bonds is 4. The normalized spacial score (nSPS) is 14.3. The van der Waals surface area contributed by atoms with Gasteiger partial charge in [0, 0.05) is 58.9 Å². The second-order valence-corrected chi connectivity index (χ2v) is 20.6. The van der Waals surface area contributed by atoms with Crippen molar-refractivity contribution in [1.29, 1.82) is 0 Å². The molecule has 0 radical (unpaired) electrons. The van der Waals surface area contributed by atoms with Crippen molar-refractivity contribution in [3.05, 3.63) is 258 Å². The van der Waals surface area contributed by atoms with Crippen LogP contribution in [-0.2, 0) is 10.8 Å². The fourth-order valence-corrected chi connectivity index (χ4v) is 13.7. The number of hydrogen-bond acceptors (Lipinski definition) is 3. The fourth-order valence-electron chi connectivity index (χ4n) is 12.6. The number of nitrogens with zero attached hydrogens (tertiary/aromatic N) is 1. The smallest absolute Gasteiger partial charge is 0.140 e. The molecule has 12 aromatic rings. The van der Waals surface area contributed by atoms with Gasteiger partial charge in [-0.15, -0.1) is 11.3 Å². The predicted molar refractivity (Wildman–Crippen MR) is 289 cm³/mol. The molecule has 1 spiro atoms. The Bertz CT molecular complexity index is 4070. The molecule has 0 saturated heterocycles. The lowest BCUT2D eigenvalue weighted by Crippen LogP contribution is -2.32. The van der Waals surface area contributed by atoms with Gasteiger partial charge < -0.3 is 9.64 Å². The van der Waals surface area contributed by atoms with Crippen LogP contribution in [0.1, 0.15) is 47.2 Å². The first kappa shape index (κ1) is 38.8. The van der Waals surface area contributed by atoms with Crippen molar-refractivity contribution < 1.29 is 4.74 Å². The Hall–Kier alpha value is -8.24. The molecule has 1 aromatic heterocycles. The molecule has 0 saturated carbocycles. The molecule has 11 aromatic carbocycles. The summed E-state index contributed by atoms with van der Waals surface area (Å²) in [6.45, 7) is 4.71. The lowest BCUT2D eigenvalue weighted by Gasteiger charge is -2.40. The maximum absolute atomic E-state index is 7.24. The minimum Gasteiger partial charge on any atom is -0.455 e. The zero-order chi connectivity index (χ0) is 45.6. The van der Waals surface area contributed by atoms with Gasteiger partial charge in [-0.1, -0.05) is 190 Å². The molecule has 0 bridgehead atoms. The van der Waals surface area contributed by atoms with Crippen LogP contribution in [0.2, 0.25) is 0 Å². The molecule has 2 nitrogen and oxygen atoms in total. The van der Waals surface area contributed by atoms with Crippen LogP contribution in [0.3, 0.4) is 0 Å². The number of benzene rings is 11.